The number of hydrogen-bond acceptors (Lipinski definition) is 2. The molecule has 3 nitrogen and oxygen atoms in total. The van der Waals surface area contributed by atoms with Crippen molar-refractivity contribution in [2.45, 2.75) is 18.5 Å². The monoisotopic (exact) mass is 310 g/mol. The maximum absolute atomic E-state index is 11.8. The van der Waals surface area contributed by atoms with Gasteiger partial charge in [0, 0.05) is 48.1 Å². The van der Waals surface area contributed by atoms with Gasteiger partial charge in [-0.05, 0) is 12.5 Å². The molecule has 0 radical (unpaired) electrons. The topological polar surface area (TPSA) is 23.6 Å². The van der Waals surface area contributed by atoms with Crippen LogP contribution in [0.4, 0.5) is 4.39 Å². The molecule has 14 heavy (non-hydrogen) atoms. The first-order valence-electron chi connectivity index (χ1n) is 4.69. The number of alkyl halides is 1. The van der Waals surface area contributed by atoms with Gasteiger partial charge >= 0.3 is 0 Å². The van der Waals surface area contributed by atoms with Gasteiger partial charge in [-0.1, -0.05) is 0 Å². The lowest BCUT2D eigenvalue weighted by atomic mass is 10.0. The zero-order chi connectivity index (χ0) is 10.1. The predicted molar refractivity (Wildman–Crippen MR) is 59.7 cm³/mol. The number of likely N-dealkylation sites (tertiary alicyclic amines) is 1. The Morgan fingerprint density at radius 3 is 2.93 bits per heavy atom. The average molecular weight is 310 g/mol. The van der Waals surface area contributed by atoms with Crippen molar-refractivity contribution in [2.24, 2.45) is 0 Å². The number of allylic oxidation sites excluding steroid dienone is 1. The van der Waals surface area contributed by atoms with E-state index in [9.17, 15) is 9.18 Å². The van der Waals surface area contributed by atoms with E-state index in [0.29, 0.717) is 12.1 Å². The SMILES string of the molecule is O=C(/C=C/CF)N1CCC2C1CN2I. The Balaban J connectivity index is 1.94. The first-order valence-corrected chi connectivity index (χ1v) is 5.66. The van der Waals surface area contributed by atoms with Crippen LogP contribution < -0.4 is 0 Å². The van der Waals surface area contributed by atoms with E-state index >= 15 is 0 Å². The highest BCUT2D eigenvalue weighted by atomic mass is 127. The second kappa shape index (κ2) is 4.14. The van der Waals surface area contributed by atoms with E-state index < -0.39 is 6.67 Å². The molecule has 5 heteroatoms. The second-order valence-corrected chi connectivity index (χ2v) is 4.83. The summed E-state index contributed by atoms with van der Waals surface area (Å²) in [5, 5.41) is 0. The van der Waals surface area contributed by atoms with Gasteiger partial charge in [0.1, 0.15) is 6.67 Å². The number of nitrogens with zero attached hydrogens (tertiary/aromatic N) is 2. The van der Waals surface area contributed by atoms with Crippen molar-refractivity contribution in [2.75, 3.05) is 19.8 Å². The maximum atomic E-state index is 11.8. The first kappa shape index (κ1) is 10.4. The molecule has 0 aromatic carbocycles. The molecule has 2 aliphatic heterocycles. The van der Waals surface area contributed by atoms with Crippen molar-refractivity contribution in [3.05, 3.63) is 12.2 Å². The fourth-order valence-corrected chi connectivity index (χ4v) is 3.13. The molecule has 0 aromatic heterocycles. The van der Waals surface area contributed by atoms with Gasteiger partial charge in [0.15, 0.2) is 0 Å². The molecule has 2 unspecified atom stereocenters. The van der Waals surface area contributed by atoms with Gasteiger partial charge in [-0.25, -0.2) is 7.50 Å². The van der Waals surface area contributed by atoms with Crippen molar-refractivity contribution < 1.29 is 9.18 Å². The zero-order valence-corrected chi connectivity index (χ0v) is 9.85. The minimum atomic E-state index is -0.563. The Labute approximate surface area is 96.4 Å². The molecule has 78 valence electrons. The van der Waals surface area contributed by atoms with Crippen LogP contribution >= 0.6 is 22.9 Å². The summed E-state index contributed by atoms with van der Waals surface area (Å²) >= 11 is 2.29. The Morgan fingerprint density at radius 2 is 2.36 bits per heavy atom. The van der Waals surface area contributed by atoms with Crippen LogP contribution in [0.3, 0.4) is 0 Å². The molecule has 2 aliphatic rings. The van der Waals surface area contributed by atoms with Crippen LogP contribution in [0, 0.1) is 0 Å². The quantitative estimate of drug-likeness (QED) is 0.434. The Morgan fingerprint density at radius 1 is 1.57 bits per heavy atom. The number of carbonyl (C=O) groups is 1. The molecule has 2 atom stereocenters. The van der Waals surface area contributed by atoms with Crippen LogP contribution in [0.2, 0.25) is 0 Å². The summed E-state index contributed by atoms with van der Waals surface area (Å²) in [6, 6.07) is 0.891. The van der Waals surface area contributed by atoms with E-state index in [1.807, 2.05) is 4.90 Å². The van der Waals surface area contributed by atoms with Crippen LogP contribution in [-0.2, 0) is 4.79 Å². The number of fused-ring (bicyclic) bond motifs is 1. The van der Waals surface area contributed by atoms with E-state index in [1.54, 1.807) is 0 Å². The molecule has 0 saturated carbocycles. The van der Waals surface area contributed by atoms with Crippen LogP contribution in [0.15, 0.2) is 12.2 Å². The number of rotatable bonds is 2. The summed E-state index contributed by atoms with van der Waals surface area (Å²) < 4.78 is 14.1. The summed E-state index contributed by atoms with van der Waals surface area (Å²) in [6.07, 6.45) is 3.66. The molecule has 0 N–H and O–H groups in total. The molecule has 0 aromatic rings. The number of halogens is 2. The van der Waals surface area contributed by atoms with Gasteiger partial charge in [-0.15, -0.1) is 0 Å². The van der Waals surface area contributed by atoms with Crippen LogP contribution in [0.5, 0.6) is 0 Å². The molecule has 2 heterocycles. The third-order valence-corrected chi connectivity index (χ3v) is 3.97. The Hall–Kier alpha value is -0.170. The van der Waals surface area contributed by atoms with Gasteiger partial charge in [0.25, 0.3) is 0 Å². The molecular formula is C9H12FIN2O. The average Bonchev–Trinajstić information content (AvgIpc) is 2.51. The second-order valence-electron chi connectivity index (χ2n) is 3.59. The molecule has 2 saturated heterocycles. The smallest absolute Gasteiger partial charge is 0.246 e. The highest BCUT2D eigenvalue weighted by molar-refractivity contribution is 14.1. The number of carbonyl (C=O) groups excluding carboxylic acids is 1. The molecule has 0 bridgehead atoms. The van der Waals surface area contributed by atoms with Crippen LogP contribution in [0.1, 0.15) is 6.42 Å². The van der Waals surface area contributed by atoms with E-state index in [1.165, 1.54) is 12.2 Å². The molecule has 0 aliphatic carbocycles. The molecule has 1 amide bonds. The maximum Gasteiger partial charge on any atom is 0.246 e. The third kappa shape index (κ3) is 1.67. The highest BCUT2D eigenvalue weighted by Gasteiger charge is 2.47. The van der Waals surface area contributed by atoms with E-state index in [0.717, 1.165) is 19.5 Å². The minimum absolute atomic E-state index is 0.0420. The summed E-state index contributed by atoms with van der Waals surface area (Å²) in [5.74, 6) is -0.0420. The van der Waals surface area contributed by atoms with E-state index in [2.05, 4.69) is 26.0 Å². The third-order valence-electron chi connectivity index (χ3n) is 2.86. The van der Waals surface area contributed by atoms with Gasteiger partial charge in [-0.3, -0.25) is 4.79 Å². The lowest BCUT2D eigenvalue weighted by Gasteiger charge is -2.42. The lowest BCUT2D eigenvalue weighted by Crippen LogP contribution is -2.58. The summed E-state index contributed by atoms with van der Waals surface area (Å²) in [5.41, 5.74) is 0. The zero-order valence-electron chi connectivity index (χ0n) is 7.70. The predicted octanol–water partition coefficient (Wildman–Crippen LogP) is 1.15. The summed E-state index contributed by atoms with van der Waals surface area (Å²) in [4.78, 5) is 13.4. The lowest BCUT2D eigenvalue weighted by molar-refractivity contribution is -0.128. The molecular weight excluding hydrogens is 298 g/mol. The van der Waals surface area contributed by atoms with Gasteiger partial charge in [0.05, 0.1) is 6.04 Å². The Kier molecular flexibility index (Phi) is 3.06. The van der Waals surface area contributed by atoms with Crippen LogP contribution in [-0.4, -0.2) is 45.8 Å². The standard InChI is InChI=1S/C9H12FIN2O/c10-4-1-2-9(14)12-5-3-7-8(12)6-13(7)11/h1-2,7-8H,3-6H2/b2-1+. The van der Waals surface area contributed by atoms with Crippen molar-refractivity contribution in [3.63, 3.8) is 0 Å². The van der Waals surface area contributed by atoms with E-state index in [-0.39, 0.29) is 5.91 Å². The normalized spacial score (nSPS) is 32.0. The van der Waals surface area contributed by atoms with Gasteiger partial charge in [0.2, 0.25) is 5.91 Å². The van der Waals surface area contributed by atoms with Crippen molar-refractivity contribution in [1.82, 2.24) is 8.01 Å². The van der Waals surface area contributed by atoms with E-state index in [4.69, 9.17) is 0 Å². The largest absolute Gasteiger partial charge is 0.333 e. The summed E-state index contributed by atoms with van der Waals surface area (Å²) in [7, 11) is 0. The van der Waals surface area contributed by atoms with Crippen molar-refractivity contribution in [1.29, 1.82) is 0 Å². The fourth-order valence-electron chi connectivity index (χ4n) is 2.08. The van der Waals surface area contributed by atoms with Crippen molar-refractivity contribution in [3.8, 4) is 0 Å². The minimum Gasteiger partial charge on any atom is -0.333 e. The summed E-state index contributed by atoms with van der Waals surface area (Å²) in [6.45, 7) is 1.19. The highest BCUT2D eigenvalue weighted by Crippen LogP contribution is 2.34. The first-order chi connectivity index (χ1) is 6.74. The number of hydrogen-bond donors (Lipinski definition) is 0. The van der Waals surface area contributed by atoms with Gasteiger partial charge in [-0.2, -0.15) is 0 Å². The van der Waals surface area contributed by atoms with Crippen LogP contribution in [0.25, 0.3) is 0 Å². The molecule has 0 spiro atoms. The van der Waals surface area contributed by atoms with Gasteiger partial charge < -0.3 is 4.90 Å². The number of amides is 1. The van der Waals surface area contributed by atoms with Crippen molar-refractivity contribution >= 4 is 28.8 Å². The molecule has 2 rings (SSSR count). The fraction of sp³-hybridized carbons (Fsp3) is 0.667. The molecule has 2 fully saturated rings. The Bertz CT molecular complexity index is 272.